The van der Waals surface area contributed by atoms with Gasteiger partial charge in [0.2, 0.25) is 5.95 Å². The summed E-state index contributed by atoms with van der Waals surface area (Å²) in [5, 5.41) is 2.90. The Balaban J connectivity index is 1.74. The highest BCUT2D eigenvalue weighted by Gasteiger charge is 2.17. The number of hydrogen-bond acceptors (Lipinski definition) is 4. The number of anilines is 3. The Morgan fingerprint density at radius 2 is 1.91 bits per heavy atom. The molecule has 0 saturated carbocycles. The molecule has 1 aromatic carbocycles. The van der Waals surface area contributed by atoms with Crippen LogP contribution in [0.15, 0.2) is 30.5 Å². The van der Waals surface area contributed by atoms with Gasteiger partial charge in [0.25, 0.3) is 0 Å². The van der Waals surface area contributed by atoms with E-state index in [0.717, 1.165) is 49.8 Å². The number of nitrogens with zero attached hydrogens (tertiary/aromatic N) is 3. The fourth-order valence-electron chi connectivity index (χ4n) is 2.53. The number of nitrogens with one attached hydrogen (secondary N) is 1. The van der Waals surface area contributed by atoms with Gasteiger partial charge in [-0.2, -0.15) is 4.98 Å². The zero-order valence-corrected chi connectivity index (χ0v) is 12.4. The molecule has 6 heteroatoms. The Labute approximate surface area is 128 Å². The van der Waals surface area contributed by atoms with Crippen LogP contribution >= 0.6 is 0 Å². The fraction of sp³-hybridized carbons (Fsp3) is 0.375. The first kappa shape index (κ1) is 14.7. The highest BCUT2D eigenvalue weighted by atomic mass is 19.2. The van der Waals surface area contributed by atoms with E-state index in [0.29, 0.717) is 11.6 Å². The fourth-order valence-corrected chi connectivity index (χ4v) is 2.53. The lowest BCUT2D eigenvalue weighted by Gasteiger charge is -2.31. The summed E-state index contributed by atoms with van der Waals surface area (Å²) in [5.74, 6) is 0.209. The van der Waals surface area contributed by atoms with Crippen molar-refractivity contribution in [1.82, 2.24) is 9.97 Å². The van der Waals surface area contributed by atoms with Gasteiger partial charge in [-0.25, -0.2) is 13.8 Å². The molecule has 22 heavy (non-hydrogen) atoms. The van der Waals surface area contributed by atoms with Crippen LogP contribution in [0.1, 0.15) is 19.8 Å². The van der Waals surface area contributed by atoms with Gasteiger partial charge in [0, 0.05) is 31.0 Å². The molecule has 0 bridgehead atoms. The molecule has 0 aliphatic carbocycles. The SMILES string of the molecule is CC1CCN(c2ccnc(Nc3ccc(F)c(F)c3)n2)CC1. The highest BCUT2D eigenvalue weighted by molar-refractivity contribution is 5.55. The third-order valence-corrected chi connectivity index (χ3v) is 3.92. The monoisotopic (exact) mass is 304 g/mol. The lowest BCUT2D eigenvalue weighted by Crippen LogP contribution is -2.33. The Morgan fingerprint density at radius 3 is 2.64 bits per heavy atom. The Bertz CT molecular complexity index is 654. The minimum absolute atomic E-state index is 0.377. The van der Waals surface area contributed by atoms with Crippen LogP contribution in [0.4, 0.5) is 26.2 Å². The number of hydrogen-bond donors (Lipinski definition) is 1. The normalized spacial score (nSPS) is 15.9. The van der Waals surface area contributed by atoms with Crippen LogP contribution in [-0.2, 0) is 0 Å². The maximum Gasteiger partial charge on any atom is 0.229 e. The van der Waals surface area contributed by atoms with Crippen LogP contribution in [0.25, 0.3) is 0 Å². The molecule has 2 heterocycles. The van der Waals surface area contributed by atoms with Crippen LogP contribution in [0.2, 0.25) is 0 Å². The summed E-state index contributed by atoms with van der Waals surface area (Å²) in [6.07, 6.45) is 3.97. The van der Waals surface area contributed by atoms with Gasteiger partial charge in [-0.1, -0.05) is 6.92 Å². The van der Waals surface area contributed by atoms with Crippen LogP contribution < -0.4 is 10.2 Å². The molecule has 1 aromatic heterocycles. The van der Waals surface area contributed by atoms with E-state index in [2.05, 4.69) is 27.1 Å². The van der Waals surface area contributed by atoms with Crippen molar-refractivity contribution >= 4 is 17.5 Å². The third-order valence-electron chi connectivity index (χ3n) is 3.92. The van der Waals surface area contributed by atoms with Crippen molar-refractivity contribution in [2.45, 2.75) is 19.8 Å². The van der Waals surface area contributed by atoms with Gasteiger partial charge in [0.15, 0.2) is 11.6 Å². The topological polar surface area (TPSA) is 41.1 Å². The molecule has 4 nitrogen and oxygen atoms in total. The number of halogens is 2. The summed E-state index contributed by atoms with van der Waals surface area (Å²) in [5.41, 5.74) is 0.420. The molecule has 1 saturated heterocycles. The first-order chi connectivity index (χ1) is 10.6. The molecular weight excluding hydrogens is 286 g/mol. The van der Waals surface area contributed by atoms with Gasteiger partial charge < -0.3 is 10.2 Å². The Morgan fingerprint density at radius 1 is 1.14 bits per heavy atom. The molecular formula is C16H18F2N4. The predicted molar refractivity (Wildman–Crippen MR) is 82.3 cm³/mol. The predicted octanol–water partition coefficient (Wildman–Crippen LogP) is 3.73. The molecule has 2 aromatic rings. The Kier molecular flexibility index (Phi) is 4.18. The number of benzene rings is 1. The number of rotatable bonds is 3. The van der Waals surface area contributed by atoms with Gasteiger partial charge in [-0.3, -0.25) is 0 Å². The highest BCUT2D eigenvalue weighted by Crippen LogP contribution is 2.23. The van der Waals surface area contributed by atoms with Crippen LogP contribution in [0, 0.1) is 17.6 Å². The Hall–Kier alpha value is -2.24. The summed E-state index contributed by atoms with van der Waals surface area (Å²) in [4.78, 5) is 10.8. The van der Waals surface area contributed by atoms with Crippen molar-refractivity contribution in [3.8, 4) is 0 Å². The average Bonchev–Trinajstić information content (AvgIpc) is 2.52. The first-order valence-corrected chi connectivity index (χ1v) is 7.42. The van der Waals surface area contributed by atoms with Crippen molar-refractivity contribution in [1.29, 1.82) is 0 Å². The lowest BCUT2D eigenvalue weighted by molar-refractivity contribution is 0.436. The minimum Gasteiger partial charge on any atom is -0.356 e. The van der Waals surface area contributed by atoms with E-state index >= 15 is 0 Å². The summed E-state index contributed by atoms with van der Waals surface area (Å²) < 4.78 is 26.2. The smallest absolute Gasteiger partial charge is 0.229 e. The van der Waals surface area contributed by atoms with Crippen molar-refractivity contribution in [2.24, 2.45) is 5.92 Å². The van der Waals surface area contributed by atoms with Gasteiger partial charge in [0.05, 0.1) is 0 Å². The second kappa shape index (κ2) is 6.25. The molecule has 0 unspecified atom stereocenters. The van der Waals surface area contributed by atoms with Gasteiger partial charge in [0.1, 0.15) is 5.82 Å². The van der Waals surface area contributed by atoms with E-state index in [4.69, 9.17) is 0 Å². The number of piperidine rings is 1. The summed E-state index contributed by atoms with van der Waals surface area (Å²) >= 11 is 0. The van der Waals surface area contributed by atoms with Crippen LogP contribution in [-0.4, -0.2) is 23.1 Å². The average molecular weight is 304 g/mol. The number of aromatic nitrogens is 2. The zero-order chi connectivity index (χ0) is 15.5. The molecule has 0 radical (unpaired) electrons. The van der Waals surface area contributed by atoms with E-state index in [1.54, 1.807) is 6.20 Å². The molecule has 1 aliphatic rings. The second-order valence-electron chi connectivity index (χ2n) is 5.66. The molecule has 3 rings (SSSR count). The van der Waals surface area contributed by atoms with Gasteiger partial charge in [-0.15, -0.1) is 0 Å². The van der Waals surface area contributed by atoms with E-state index in [-0.39, 0.29) is 0 Å². The molecule has 1 fully saturated rings. The molecule has 116 valence electrons. The summed E-state index contributed by atoms with van der Waals surface area (Å²) in [6.45, 7) is 4.21. The summed E-state index contributed by atoms with van der Waals surface area (Å²) in [7, 11) is 0. The van der Waals surface area contributed by atoms with E-state index in [9.17, 15) is 8.78 Å². The minimum atomic E-state index is -0.897. The largest absolute Gasteiger partial charge is 0.356 e. The van der Waals surface area contributed by atoms with Crippen molar-refractivity contribution in [3.63, 3.8) is 0 Å². The first-order valence-electron chi connectivity index (χ1n) is 7.42. The summed E-state index contributed by atoms with van der Waals surface area (Å²) in [6, 6.07) is 5.49. The lowest BCUT2D eigenvalue weighted by atomic mass is 9.99. The quantitative estimate of drug-likeness (QED) is 0.938. The van der Waals surface area contributed by atoms with Crippen molar-refractivity contribution in [3.05, 3.63) is 42.1 Å². The molecule has 1 aliphatic heterocycles. The maximum absolute atomic E-state index is 13.2. The zero-order valence-electron chi connectivity index (χ0n) is 12.4. The third kappa shape index (κ3) is 3.32. The van der Waals surface area contributed by atoms with E-state index in [1.165, 1.54) is 6.07 Å². The van der Waals surface area contributed by atoms with Crippen LogP contribution in [0.3, 0.4) is 0 Å². The van der Waals surface area contributed by atoms with E-state index < -0.39 is 11.6 Å². The van der Waals surface area contributed by atoms with Gasteiger partial charge in [-0.05, 0) is 37.0 Å². The molecule has 0 spiro atoms. The molecule has 0 atom stereocenters. The van der Waals surface area contributed by atoms with Crippen molar-refractivity contribution < 1.29 is 8.78 Å². The maximum atomic E-state index is 13.2. The van der Waals surface area contributed by atoms with Crippen molar-refractivity contribution in [2.75, 3.05) is 23.3 Å². The van der Waals surface area contributed by atoms with Crippen LogP contribution in [0.5, 0.6) is 0 Å². The van der Waals surface area contributed by atoms with E-state index in [1.807, 2.05) is 6.07 Å². The van der Waals surface area contributed by atoms with Gasteiger partial charge >= 0.3 is 0 Å². The molecule has 0 amide bonds. The standard InChI is InChI=1S/C16H18F2N4/c1-11-5-8-22(9-6-11)15-4-7-19-16(21-15)20-12-2-3-13(17)14(18)10-12/h2-4,7,10-11H,5-6,8-9H2,1H3,(H,19,20,21). The second-order valence-corrected chi connectivity index (χ2v) is 5.66. The molecule has 1 N–H and O–H groups in total.